The lowest BCUT2D eigenvalue weighted by Crippen LogP contribution is -2.38. The summed E-state index contributed by atoms with van der Waals surface area (Å²) >= 11 is 0. The number of hydrogen-bond donors (Lipinski definition) is 3. The first-order chi connectivity index (χ1) is 7.97. The second-order valence-electron chi connectivity index (χ2n) is 4.36. The van der Waals surface area contributed by atoms with Gasteiger partial charge in [-0.3, -0.25) is 9.59 Å². The molecule has 0 heterocycles. The monoisotopic (exact) mass is 226 g/mol. The van der Waals surface area contributed by atoms with Crippen LogP contribution in [0.4, 0.5) is 0 Å². The maximum Gasteiger partial charge on any atom is 0.242 e. The van der Waals surface area contributed by atoms with Gasteiger partial charge in [-0.25, -0.2) is 0 Å². The predicted octanol–water partition coefficient (Wildman–Crippen LogP) is -0.578. The van der Waals surface area contributed by atoms with Gasteiger partial charge >= 0.3 is 0 Å². The first kappa shape index (κ1) is 11.5. The van der Waals surface area contributed by atoms with Gasteiger partial charge < -0.3 is 16.1 Å². The number of aliphatic hydroxyl groups is 1. The molecule has 0 aliphatic heterocycles. The molecule has 3 atom stereocenters. The second kappa shape index (κ2) is 4.87. The van der Waals surface area contributed by atoms with Crippen LogP contribution in [0.2, 0.25) is 8.23 Å². The van der Waals surface area contributed by atoms with Gasteiger partial charge in [0.1, 0.15) is 0 Å². The van der Waals surface area contributed by atoms with Crippen LogP contribution in [-0.4, -0.2) is 29.9 Å². The Hall–Kier alpha value is -1.04. The van der Waals surface area contributed by atoms with Crippen LogP contribution in [-0.2, 0) is 9.59 Å². The van der Waals surface area contributed by atoms with E-state index < -0.39 is 23.3 Å². The summed E-state index contributed by atoms with van der Waals surface area (Å²) in [7, 11) is 1.50. The first-order valence-electron chi connectivity index (χ1n) is 5.99. The summed E-state index contributed by atoms with van der Waals surface area (Å²) in [4.78, 5) is 23.3. The SMILES string of the molecule is [2H]NC(=O)[C@H]1CC(O)(CC)C[C@@H]1C(=O)N[B]C. The third-order valence-electron chi connectivity index (χ3n) is 3.30. The van der Waals surface area contributed by atoms with Gasteiger partial charge in [0.2, 0.25) is 19.2 Å². The highest BCUT2D eigenvalue weighted by molar-refractivity contribution is 6.35. The summed E-state index contributed by atoms with van der Waals surface area (Å²) < 4.78 is 6.87. The number of carbonyl (C=O) groups is 2. The number of carbonyl (C=O) groups excluding carboxylic acids is 2. The van der Waals surface area contributed by atoms with Crippen molar-refractivity contribution in [1.82, 2.24) is 5.23 Å². The molecule has 0 aromatic carbocycles. The number of nitrogens with one attached hydrogen (secondary N) is 1. The van der Waals surface area contributed by atoms with Gasteiger partial charge in [-0.15, -0.1) is 0 Å². The molecular weight excluding hydrogens is 207 g/mol. The van der Waals surface area contributed by atoms with Crippen LogP contribution in [0.5, 0.6) is 0 Å². The van der Waals surface area contributed by atoms with Crippen LogP contribution in [0.25, 0.3) is 0 Å². The molecule has 1 rings (SSSR count). The zero-order valence-electron chi connectivity index (χ0n) is 10.6. The fraction of sp³-hybridized carbons (Fsp3) is 0.800. The maximum absolute atomic E-state index is 11.8. The number of nitrogens with two attached hydrogens (primary N) is 1. The zero-order valence-corrected chi connectivity index (χ0v) is 9.62. The highest BCUT2D eigenvalue weighted by Gasteiger charge is 2.48. The molecule has 4 N–H and O–H groups in total. The molecule has 89 valence electrons. The molecule has 2 amide bonds. The Balaban J connectivity index is 2.84. The van der Waals surface area contributed by atoms with Crippen molar-refractivity contribution in [3.8, 4) is 0 Å². The molecule has 0 aromatic rings. The molecule has 1 fully saturated rings. The van der Waals surface area contributed by atoms with E-state index in [1.807, 2.05) is 6.92 Å². The van der Waals surface area contributed by atoms with Gasteiger partial charge in [-0.2, -0.15) is 0 Å². The van der Waals surface area contributed by atoms with Gasteiger partial charge in [0.15, 0.2) is 1.41 Å². The Kier molecular flexibility index (Phi) is 3.48. The average molecular weight is 226 g/mol. The van der Waals surface area contributed by atoms with Gasteiger partial charge in [-0.1, -0.05) is 13.7 Å². The van der Waals surface area contributed by atoms with E-state index in [-0.39, 0.29) is 18.7 Å². The summed E-state index contributed by atoms with van der Waals surface area (Å²) in [5.41, 5.74) is 0.826. The largest absolute Gasteiger partial charge is 0.403 e. The van der Waals surface area contributed by atoms with E-state index in [2.05, 4.69) is 5.23 Å². The minimum atomic E-state index is -0.979. The molecule has 1 aliphatic rings. The molecule has 0 spiro atoms. The Bertz CT molecular complexity index is 316. The minimum absolute atomic E-state index is 0.232. The van der Waals surface area contributed by atoms with E-state index in [1.54, 1.807) is 12.5 Å². The maximum atomic E-state index is 11.8. The van der Waals surface area contributed by atoms with Crippen LogP contribution in [0, 0.1) is 11.8 Å². The van der Waals surface area contributed by atoms with Gasteiger partial charge in [0.25, 0.3) is 0 Å². The van der Waals surface area contributed by atoms with E-state index in [0.717, 1.165) is 0 Å². The molecule has 1 radical (unpaired) electrons. The quantitative estimate of drug-likeness (QED) is 0.560. The first-order valence-corrected chi connectivity index (χ1v) is 5.49. The van der Waals surface area contributed by atoms with Gasteiger partial charge in [-0.05, 0) is 19.3 Å². The van der Waals surface area contributed by atoms with E-state index in [4.69, 9.17) is 1.41 Å². The summed E-state index contributed by atoms with van der Waals surface area (Å²) in [6, 6.07) is 0. The highest BCUT2D eigenvalue weighted by atomic mass is 16.3. The number of primary amides is 1. The lowest BCUT2D eigenvalue weighted by molar-refractivity contribution is -0.131. The molecule has 0 bridgehead atoms. The lowest BCUT2D eigenvalue weighted by Gasteiger charge is -2.19. The van der Waals surface area contributed by atoms with Crippen molar-refractivity contribution in [2.45, 2.75) is 38.6 Å². The number of rotatable bonds is 4. The minimum Gasteiger partial charge on any atom is -0.403 e. The smallest absolute Gasteiger partial charge is 0.242 e. The van der Waals surface area contributed by atoms with Gasteiger partial charge in [0, 0.05) is 0 Å². The fourth-order valence-electron chi connectivity index (χ4n) is 2.28. The molecule has 16 heavy (non-hydrogen) atoms. The van der Waals surface area contributed by atoms with Crippen LogP contribution >= 0.6 is 0 Å². The van der Waals surface area contributed by atoms with Crippen molar-refractivity contribution >= 4 is 19.2 Å². The van der Waals surface area contributed by atoms with E-state index in [9.17, 15) is 14.7 Å². The van der Waals surface area contributed by atoms with Crippen LogP contribution in [0.3, 0.4) is 0 Å². The molecule has 6 heteroatoms. The molecular formula is C10H18BN2O3. The topological polar surface area (TPSA) is 92.4 Å². The molecule has 1 unspecified atom stereocenters. The normalized spacial score (nSPS) is 34.1. The Labute approximate surface area is 97.5 Å². The third-order valence-corrected chi connectivity index (χ3v) is 3.30. The molecule has 0 aromatic heterocycles. The van der Waals surface area contributed by atoms with Crippen molar-refractivity contribution in [2.24, 2.45) is 17.6 Å². The van der Waals surface area contributed by atoms with E-state index >= 15 is 0 Å². The summed E-state index contributed by atoms with van der Waals surface area (Å²) in [5, 5.41) is 12.7. The van der Waals surface area contributed by atoms with Crippen LogP contribution in [0.15, 0.2) is 0 Å². The summed E-state index contributed by atoms with van der Waals surface area (Å²) in [5.74, 6) is -1.98. The van der Waals surface area contributed by atoms with Crippen molar-refractivity contribution in [2.75, 3.05) is 0 Å². The van der Waals surface area contributed by atoms with Crippen molar-refractivity contribution in [3.05, 3.63) is 0 Å². The Morgan fingerprint density at radius 2 is 2.25 bits per heavy atom. The Morgan fingerprint density at radius 3 is 2.75 bits per heavy atom. The standard InChI is InChI=1S/C10H18BN2O3/c1-3-10(16)4-6(8(12)14)7(5-10)9(15)13-11-2/h6-7,16H,3-5H2,1-2H3,(H2,12,14)(H,13,15)/t6-,7-,10?/m0/s1/i/hD. The zero-order chi connectivity index (χ0) is 13.1. The second-order valence-corrected chi connectivity index (χ2v) is 4.36. The lowest BCUT2D eigenvalue weighted by atomic mass is 9.91. The van der Waals surface area contributed by atoms with E-state index in [0.29, 0.717) is 6.42 Å². The van der Waals surface area contributed by atoms with E-state index in [1.165, 1.54) is 7.41 Å². The molecule has 1 aliphatic carbocycles. The number of hydrogen-bond acceptors (Lipinski definition) is 3. The van der Waals surface area contributed by atoms with Crippen molar-refractivity contribution < 1.29 is 16.1 Å². The third kappa shape index (κ3) is 2.55. The van der Waals surface area contributed by atoms with Crippen molar-refractivity contribution in [1.29, 1.82) is 0 Å². The van der Waals surface area contributed by atoms with Crippen LogP contribution in [0.1, 0.15) is 26.2 Å². The summed E-state index contributed by atoms with van der Waals surface area (Å²) in [6.07, 6.45) is 0.992. The Morgan fingerprint density at radius 1 is 1.62 bits per heavy atom. The van der Waals surface area contributed by atoms with Gasteiger partial charge in [0.05, 0.1) is 17.4 Å². The molecule has 1 saturated carbocycles. The predicted molar refractivity (Wildman–Crippen MR) is 60.4 cm³/mol. The molecule has 0 saturated heterocycles. The fourth-order valence-corrected chi connectivity index (χ4v) is 2.28. The highest BCUT2D eigenvalue weighted by Crippen LogP contribution is 2.41. The average Bonchev–Trinajstić information content (AvgIpc) is 2.68. The molecule has 5 nitrogen and oxygen atoms in total. The van der Waals surface area contributed by atoms with Crippen molar-refractivity contribution in [3.63, 3.8) is 0 Å². The summed E-state index contributed by atoms with van der Waals surface area (Å²) in [6.45, 7) is 3.50. The number of amides is 2. The van der Waals surface area contributed by atoms with Crippen LogP contribution < -0.4 is 11.0 Å².